The molecule has 3 fully saturated rings. The molecular formula is C18H25N3O4S. The van der Waals surface area contributed by atoms with Gasteiger partial charge in [-0.25, -0.2) is 13.2 Å². The van der Waals surface area contributed by atoms with Gasteiger partial charge in [0.2, 0.25) is 10.0 Å². The minimum absolute atomic E-state index is 0.0825. The average Bonchev–Trinajstić information content (AvgIpc) is 3.20. The van der Waals surface area contributed by atoms with Gasteiger partial charge in [-0.2, -0.15) is 0 Å². The van der Waals surface area contributed by atoms with E-state index in [2.05, 4.69) is 5.32 Å². The van der Waals surface area contributed by atoms with Gasteiger partial charge in [0, 0.05) is 37.3 Å². The van der Waals surface area contributed by atoms with Crippen LogP contribution in [0.1, 0.15) is 25.7 Å². The van der Waals surface area contributed by atoms with Crippen molar-refractivity contribution < 1.29 is 17.9 Å². The van der Waals surface area contributed by atoms with Gasteiger partial charge in [0.25, 0.3) is 0 Å². The second-order valence-electron chi connectivity index (χ2n) is 7.33. The summed E-state index contributed by atoms with van der Waals surface area (Å²) in [5.74, 6) is 0.622. The lowest BCUT2D eigenvalue weighted by Crippen LogP contribution is -2.40. The maximum absolute atomic E-state index is 12.7. The molecule has 1 aromatic carbocycles. The van der Waals surface area contributed by atoms with Crippen molar-refractivity contribution in [3.05, 3.63) is 24.3 Å². The van der Waals surface area contributed by atoms with E-state index in [1.165, 1.54) is 4.31 Å². The summed E-state index contributed by atoms with van der Waals surface area (Å²) in [6.45, 7) is 2.77. The molecule has 1 atom stereocenters. The summed E-state index contributed by atoms with van der Waals surface area (Å²) in [6, 6.07) is 7.30. The summed E-state index contributed by atoms with van der Waals surface area (Å²) < 4.78 is 30.9. The van der Waals surface area contributed by atoms with Crippen molar-refractivity contribution in [2.24, 2.45) is 5.92 Å². The third-order valence-corrected chi connectivity index (χ3v) is 7.10. The number of sulfonamides is 1. The first kappa shape index (κ1) is 17.6. The van der Waals surface area contributed by atoms with Gasteiger partial charge in [0.05, 0.1) is 18.0 Å². The molecule has 4 rings (SSSR count). The molecule has 2 heterocycles. The number of amides is 2. The molecule has 1 aromatic rings. The van der Waals surface area contributed by atoms with Crippen LogP contribution in [-0.2, 0) is 14.8 Å². The van der Waals surface area contributed by atoms with Gasteiger partial charge in [-0.15, -0.1) is 0 Å². The standard InChI is InChI=1S/C18H25N3O4S/c22-18(20(16-6-7-16)12-14-8-10-25-13-14)19-15-2-4-17(5-3-15)21-9-1-11-26(21,23)24/h2-5,14,16H,1,6-13H2,(H,19,22)/t14-/m1/s1. The van der Waals surface area contributed by atoms with Crippen LogP contribution >= 0.6 is 0 Å². The molecule has 0 unspecified atom stereocenters. The van der Waals surface area contributed by atoms with Gasteiger partial charge >= 0.3 is 6.03 Å². The third kappa shape index (κ3) is 3.81. The van der Waals surface area contributed by atoms with E-state index in [0.29, 0.717) is 36.3 Å². The van der Waals surface area contributed by atoms with Crippen LogP contribution in [0.2, 0.25) is 0 Å². The van der Waals surface area contributed by atoms with Gasteiger partial charge in [-0.05, 0) is 49.9 Å². The Hall–Kier alpha value is -1.80. The van der Waals surface area contributed by atoms with Crippen molar-refractivity contribution >= 4 is 27.4 Å². The number of ether oxygens (including phenoxy) is 1. The lowest BCUT2D eigenvalue weighted by Gasteiger charge is -2.25. The number of nitrogens with one attached hydrogen (secondary N) is 1. The van der Waals surface area contributed by atoms with E-state index >= 15 is 0 Å². The van der Waals surface area contributed by atoms with Crippen molar-refractivity contribution in [2.45, 2.75) is 31.7 Å². The Labute approximate surface area is 154 Å². The summed E-state index contributed by atoms with van der Waals surface area (Å²) in [7, 11) is -3.18. The van der Waals surface area contributed by atoms with Crippen LogP contribution in [0.25, 0.3) is 0 Å². The lowest BCUT2D eigenvalue weighted by atomic mass is 10.1. The topological polar surface area (TPSA) is 79.0 Å². The number of benzene rings is 1. The molecule has 7 nitrogen and oxygen atoms in total. The fraction of sp³-hybridized carbons (Fsp3) is 0.611. The number of carbonyl (C=O) groups is 1. The highest BCUT2D eigenvalue weighted by atomic mass is 32.2. The van der Waals surface area contributed by atoms with Crippen LogP contribution in [0.15, 0.2) is 24.3 Å². The Kier molecular flexibility index (Phi) is 4.79. The van der Waals surface area contributed by atoms with Gasteiger partial charge in [-0.3, -0.25) is 4.31 Å². The quantitative estimate of drug-likeness (QED) is 0.851. The zero-order valence-electron chi connectivity index (χ0n) is 14.8. The SMILES string of the molecule is O=C(Nc1ccc(N2CCCS2(=O)=O)cc1)N(C[C@H]1CCOC1)C1CC1. The van der Waals surface area contributed by atoms with Crippen LogP contribution in [0, 0.1) is 5.92 Å². The van der Waals surface area contributed by atoms with E-state index in [4.69, 9.17) is 4.74 Å². The molecule has 1 aliphatic carbocycles. The second-order valence-corrected chi connectivity index (χ2v) is 9.34. The number of urea groups is 1. The number of hydrogen-bond donors (Lipinski definition) is 1. The molecule has 8 heteroatoms. The molecule has 142 valence electrons. The Morgan fingerprint density at radius 2 is 2.00 bits per heavy atom. The highest BCUT2D eigenvalue weighted by Crippen LogP contribution is 2.30. The first-order chi connectivity index (χ1) is 12.5. The lowest BCUT2D eigenvalue weighted by molar-refractivity contribution is 0.167. The van der Waals surface area contributed by atoms with Crippen molar-refractivity contribution in [3.8, 4) is 0 Å². The first-order valence-corrected chi connectivity index (χ1v) is 10.9. The average molecular weight is 379 g/mol. The molecule has 26 heavy (non-hydrogen) atoms. The predicted octanol–water partition coefficient (Wildman–Crippen LogP) is 2.26. The van der Waals surface area contributed by atoms with E-state index in [-0.39, 0.29) is 11.8 Å². The third-order valence-electron chi connectivity index (χ3n) is 5.23. The van der Waals surface area contributed by atoms with Crippen molar-refractivity contribution in [3.63, 3.8) is 0 Å². The Morgan fingerprint density at radius 1 is 1.23 bits per heavy atom. The molecule has 1 N–H and O–H groups in total. The summed E-state index contributed by atoms with van der Waals surface area (Å²) in [5, 5.41) is 2.95. The molecule has 2 amide bonds. The molecule has 2 aliphatic heterocycles. The molecule has 0 aromatic heterocycles. The normalized spacial score (nSPS) is 24.6. The fourth-order valence-corrected chi connectivity index (χ4v) is 5.19. The van der Waals surface area contributed by atoms with Crippen molar-refractivity contribution in [1.82, 2.24) is 4.90 Å². The smallest absolute Gasteiger partial charge is 0.322 e. The maximum Gasteiger partial charge on any atom is 0.322 e. The highest BCUT2D eigenvalue weighted by Gasteiger charge is 2.35. The zero-order valence-corrected chi connectivity index (χ0v) is 15.6. The molecule has 0 bridgehead atoms. The van der Waals surface area contributed by atoms with E-state index < -0.39 is 10.0 Å². The summed E-state index contributed by atoms with van der Waals surface area (Å²) >= 11 is 0. The number of carbonyl (C=O) groups excluding carboxylic acids is 1. The van der Waals surface area contributed by atoms with Crippen molar-refractivity contribution in [1.29, 1.82) is 0 Å². The van der Waals surface area contributed by atoms with Crippen LogP contribution < -0.4 is 9.62 Å². The maximum atomic E-state index is 12.7. The number of rotatable bonds is 5. The van der Waals surface area contributed by atoms with E-state index in [1.807, 2.05) is 4.90 Å². The fourth-order valence-electron chi connectivity index (χ4n) is 3.63. The monoisotopic (exact) mass is 379 g/mol. The number of anilines is 2. The van der Waals surface area contributed by atoms with Gasteiger partial charge < -0.3 is 15.0 Å². The van der Waals surface area contributed by atoms with Gasteiger partial charge in [-0.1, -0.05) is 0 Å². The Bertz CT molecular complexity index is 755. The molecule has 0 radical (unpaired) electrons. The first-order valence-electron chi connectivity index (χ1n) is 9.29. The second kappa shape index (κ2) is 7.08. The Morgan fingerprint density at radius 3 is 2.58 bits per heavy atom. The zero-order chi connectivity index (χ0) is 18.1. The van der Waals surface area contributed by atoms with Crippen LogP contribution in [0.5, 0.6) is 0 Å². The summed E-state index contributed by atoms with van der Waals surface area (Å²) in [6.07, 6.45) is 3.79. The minimum atomic E-state index is -3.18. The molecule has 0 spiro atoms. The molecule has 3 aliphatic rings. The van der Waals surface area contributed by atoms with Gasteiger partial charge in [0.15, 0.2) is 0 Å². The molecule has 1 saturated carbocycles. The largest absolute Gasteiger partial charge is 0.381 e. The Balaban J connectivity index is 1.40. The molecule has 2 saturated heterocycles. The van der Waals surface area contributed by atoms with Crippen LogP contribution in [-0.4, -0.2) is 57.4 Å². The number of hydrogen-bond acceptors (Lipinski definition) is 4. The van der Waals surface area contributed by atoms with E-state index in [9.17, 15) is 13.2 Å². The summed E-state index contributed by atoms with van der Waals surface area (Å²) in [5.41, 5.74) is 1.34. The van der Waals surface area contributed by atoms with Crippen molar-refractivity contribution in [2.75, 3.05) is 41.7 Å². The minimum Gasteiger partial charge on any atom is -0.381 e. The highest BCUT2D eigenvalue weighted by molar-refractivity contribution is 7.93. The van der Waals surface area contributed by atoms with Crippen LogP contribution in [0.3, 0.4) is 0 Å². The van der Waals surface area contributed by atoms with Gasteiger partial charge in [0.1, 0.15) is 0 Å². The summed E-state index contributed by atoms with van der Waals surface area (Å²) in [4.78, 5) is 14.6. The molecular weight excluding hydrogens is 354 g/mol. The van der Waals surface area contributed by atoms with E-state index in [1.54, 1.807) is 24.3 Å². The van der Waals surface area contributed by atoms with E-state index in [0.717, 1.165) is 39.0 Å². The predicted molar refractivity (Wildman–Crippen MR) is 99.9 cm³/mol. The number of nitrogens with zero attached hydrogens (tertiary/aromatic N) is 2. The van der Waals surface area contributed by atoms with Crippen LogP contribution in [0.4, 0.5) is 16.2 Å².